The van der Waals surface area contributed by atoms with Gasteiger partial charge in [-0.3, -0.25) is 4.79 Å². The molecule has 1 N–H and O–H groups in total. The summed E-state index contributed by atoms with van der Waals surface area (Å²) in [6, 6.07) is 0. The molecule has 0 bridgehead atoms. The van der Waals surface area contributed by atoms with Crippen LogP contribution in [0.1, 0.15) is 51.9 Å². The number of carbonyl (C=O) groups excluding carboxylic acids is 1. The Morgan fingerprint density at radius 1 is 1.19 bits per heavy atom. The maximum absolute atomic E-state index is 12.2. The predicted octanol–water partition coefficient (Wildman–Crippen LogP) is 1.94. The Hall–Kier alpha value is -0.570. The zero-order chi connectivity index (χ0) is 11.6. The van der Waals surface area contributed by atoms with E-state index < -0.39 is 5.60 Å². The Labute approximate surface area is 97.8 Å². The fourth-order valence-electron chi connectivity index (χ4n) is 2.82. The van der Waals surface area contributed by atoms with E-state index in [0.717, 1.165) is 38.8 Å². The average molecular weight is 225 g/mol. The highest BCUT2D eigenvalue weighted by atomic mass is 16.3. The lowest BCUT2D eigenvalue weighted by atomic mass is 9.87. The minimum Gasteiger partial charge on any atom is -0.390 e. The number of carbonyl (C=O) groups is 1. The van der Waals surface area contributed by atoms with Crippen LogP contribution in [0.2, 0.25) is 0 Å². The number of rotatable bonds is 1. The summed E-state index contributed by atoms with van der Waals surface area (Å²) < 4.78 is 0. The molecular formula is C13H23NO2. The summed E-state index contributed by atoms with van der Waals surface area (Å²) in [4.78, 5) is 14.2. The Morgan fingerprint density at radius 2 is 1.75 bits per heavy atom. The molecule has 1 heterocycles. The standard InChI is InChI=1S/C13H23NO2/c1-13(16)7-9-14(10-8-13)12(15)11-5-3-2-4-6-11/h11,16H,2-10H2,1H3. The van der Waals surface area contributed by atoms with E-state index in [2.05, 4.69) is 0 Å². The van der Waals surface area contributed by atoms with E-state index in [4.69, 9.17) is 0 Å². The van der Waals surface area contributed by atoms with Crippen molar-refractivity contribution in [2.24, 2.45) is 5.92 Å². The van der Waals surface area contributed by atoms with Crippen molar-refractivity contribution in [1.82, 2.24) is 4.90 Å². The van der Waals surface area contributed by atoms with Gasteiger partial charge in [0.25, 0.3) is 0 Å². The molecule has 0 atom stereocenters. The Morgan fingerprint density at radius 3 is 2.31 bits per heavy atom. The molecule has 3 nitrogen and oxygen atoms in total. The zero-order valence-corrected chi connectivity index (χ0v) is 10.2. The smallest absolute Gasteiger partial charge is 0.225 e. The van der Waals surface area contributed by atoms with Crippen LogP contribution >= 0.6 is 0 Å². The second-order valence-electron chi connectivity index (χ2n) is 5.66. The van der Waals surface area contributed by atoms with Gasteiger partial charge in [0.15, 0.2) is 0 Å². The fourth-order valence-corrected chi connectivity index (χ4v) is 2.82. The molecule has 2 rings (SSSR count). The summed E-state index contributed by atoms with van der Waals surface area (Å²) in [5, 5.41) is 9.85. The lowest BCUT2D eigenvalue weighted by Gasteiger charge is -2.38. The van der Waals surface area contributed by atoms with Crippen LogP contribution in [0.15, 0.2) is 0 Å². The Kier molecular flexibility index (Phi) is 3.53. The van der Waals surface area contributed by atoms with Gasteiger partial charge in [-0.2, -0.15) is 0 Å². The van der Waals surface area contributed by atoms with Gasteiger partial charge in [-0.25, -0.2) is 0 Å². The molecule has 0 aromatic heterocycles. The molecule has 2 aliphatic rings. The molecule has 1 amide bonds. The monoisotopic (exact) mass is 225 g/mol. The number of aliphatic hydroxyl groups is 1. The summed E-state index contributed by atoms with van der Waals surface area (Å²) in [5.41, 5.74) is -0.552. The summed E-state index contributed by atoms with van der Waals surface area (Å²) in [6.45, 7) is 3.35. The quantitative estimate of drug-likeness (QED) is 0.741. The minimum absolute atomic E-state index is 0.275. The van der Waals surface area contributed by atoms with Crippen LogP contribution in [-0.4, -0.2) is 34.6 Å². The number of amides is 1. The third-order valence-corrected chi connectivity index (χ3v) is 4.11. The minimum atomic E-state index is -0.552. The molecule has 0 spiro atoms. The van der Waals surface area contributed by atoms with Gasteiger partial charge in [0.05, 0.1) is 5.60 Å². The van der Waals surface area contributed by atoms with Gasteiger partial charge >= 0.3 is 0 Å². The van der Waals surface area contributed by atoms with Crippen LogP contribution in [0.4, 0.5) is 0 Å². The molecule has 0 aromatic rings. The van der Waals surface area contributed by atoms with Crippen molar-refractivity contribution < 1.29 is 9.90 Å². The van der Waals surface area contributed by atoms with Crippen molar-refractivity contribution in [2.45, 2.75) is 57.5 Å². The van der Waals surface area contributed by atoms with Crippen molar-refractivity contribution in [1.29, 1.82) is 0 Å². The number of piperidine rings is 1. The predicted molar refractivity (Wildman–Crippen MR) is 63.0 cm³/mol. The van der Waals surface area contributed by atoms with Gasteiger partial charge in [-0.15, -0.1) is 0 Å². The summed E-state index contributed by atoms with van der Waals surface area (Å²) in [5.74, 6) is 0.618. The second kappa shape index (κ2) is 4.74. The number of nitrogens with zero attached hydrogens (tertiary/aromatic N) is 1. The largest absolute Gasteiger partial charge is 0.390 e. The van der Waals surface area contributed by atoms with Crippen molar-refractivity contribution in [3.05, 3.63) is 0 Å². The number of likely N-dealkylation sites (tertiary alicyclic amines) is 1. The van der Waals surface area contributed by atoms with Crippen LogP contribution in [-0.2, 0) is 4.79 Å². The van der Waals surface area contributed by atoms with Crippen LogP contribution in [0.3, 0.4) is 0 Å². The van der Waals surface area contributed by atoms with Crippen LogP contribution in [0.5, 0.6) is 0 Å². The van der Waals surface area contributed by atoms with Gasteiger partial charge in [0.1, 0.15) is 0 Å². The Balaban J connectivity index is 1.86. The van der Waals surface area contributed by atoms with E-state index in [0.29, 0.717) is 5.91 Å². The lowest BCUT2D eigenvalue weighted by Crippen LogP contribution is -2.47. The van der Waals surface area contributed by atoms with Crippen molar-refractivity contribution in [3.8, 4) is 0 Å². The van der Waals surface area contributed by atoms with E-state index >= 15 is 0 Å². The first kappa shape index (κ1) is 11.9. The lowest BCUT2D eigenvalue weighted by molar-refractivity contribution is -0.140. The van der Waals surface area contributed by atoms with Crippen molar-refractivity contribution >= 4 is 5.91 Å². The molecule has 0 unspecified atom stereocenters. The summed E-state index contributed by atoms with van der Waals surface area (Å²) in [6.07, 6.45) is 7.32. The van der Waals surface area contributed by atoms with Gasteiger partial charge in [-0.05, 0) is 32.6 Å². The van der Waals surface area contributed by atoms with Crippen LogP contribution in [0.25, 0.3) is 0 Å². The molecule has 1 aliphatic heterocycles. The van der Waals surface area contributed by atoms with E-state index in [9.17, 15) is 9.90 Å². The van der Waals surface area contributed by atoms with Crippen molar-refractivity contribution in [2.75, 3.05) is 13.1 Å². The first-order valence-electron chi connectivity index (χ1n) is 6.60. The van der Waals surface area contributed by atoms with Gasteiger partial charge < -0.3 is 10.0 Å². The third kappa shape index (κ3) is 2.76. The molecule has 0 radical (unpaired) electrons. The maximum Gasteiger partial charge on any atom is 0.225 e. The second-order valence-corrected chi connectivity index (χ2v) is 5.66. The van der Waals surface area contributed by atoms with E-state index in [1.165, 1.54) is 19.3 Å². The van der Waals surface area contributed by atoms with Crippen LogP contribution in [0, 0.1) is 5.92 Å². The molecule has 0 aromatic carbocycles. The topological polar surface area (TPSA) is 40.5 Å². The number of hydrogen-bond acceptors (Lipinski definition) is 2. The molecular weight excluding hydrogens is 202 g/mol. The average Bonchev–Trinajstić information content (AvgIpc) is 2.29. The first-order chi connectivity index (χ1) is 7.58. The molecule has 2 fully saturated rings. The van der Waals surface area contributed by atoms with Crippen LogP contribution < -0.4 is 0 Å². The fraction of sp³-hybridized carbons (Fsp3) is 0.923. The van der Waals surface area contributed by atoms with E-state index in [1.54, 1.807) is 0 Å². The highest BCUT2D eigenvalue weighted by Crippen LogP contribution is 2.28. The van der Waals surface area contributed by atoms with Crippen molar-refractivity contribution in [3.63, 3.8) is 0 Å². The third-order valence-electron chi connectivity index (χ3n) is 4.11. The van der Waals surface area contributed by atoms with E-state index in [1.807, 2.05) is 11.8 Å². The highest BCUT2D eigenvalue weighted by molar-refractivity contribution is 5.79. The molecule has 1 aliphatic carbocycles. The zero-order valence-electron chi connectivity index (χ0n) is 10.2. The van der Waals surface area contributed by atoms with Gasteiger partial charge in [0, 0.05) is 19.0 Å². The summed E-state index contributed by atoms with van der Waals surface area (Å²) in [7, 11) is 0. The molecule has 1 saturated carbocycles. The van der Waals surface area contributed by atoms with Gasteiger partial charge in [0.2, 0.25) is 5.91 Å². The maximum atomic E-state index is 12.2. The van der Waals surface area contributed by atoms with Gasteiger partial charge in [-0.1, -0.05) is 19.3 Å². The number of hydrogen-bond donors (Lipinski definition) is 1. The molecule has 16 heavy (non-hydrogen) atoms. The summed E-state index contributed by atoms with van der Waals surface area (Å²) >= 11 is 0. The molecule has 3 heteroatoms. The molecule has 1 saturated heterocycles. The first-order valence-corrected chi connectivity index (χ1v) is 6.60. The Bertz CT molecular complexity index is 247. The van der Waals surface area contributed by atoms with E-state index in [-0.39, 0.29) is 5.92 Å². The highest BCUT2D eigenvalue weighted by Gasteiger charge is 2.32. The molecule has 92 valence electrons. The SMILES string of the molecule is CC1(O)CCN(C(=O)C2CCCCC2)CC1. The normalized spacial score (nSPS) is 26.8.